The molecule has 1 amide bonds. The lowest BCUT2D eigenvalue weighted by atomic mass is 10.0. The number of hydrogen-bond donors (Lipinski definition) is 2. The lowest BCUT2D eigenvalue weighted by molar-refractivity contribution is -0.146. The third-order valence-corrected chi connectivity index (χ3v) is 3.55. The van der Waals surface area contributed by atoms with Crippen LogP contribution in [-0.2, 0) is 20.7 Å². The van der Waals surface area contributed by atoms with Crippen molar-refractivity contribution in [1.29, 1.82) is 0 Å². The molecule has 24 heavy (non-hydrogen) atoms. The SMILES string of the molecule is COC(=O)[C@@H](Cc1ccccc1F)NC(=O)[C@@H](O)c1ccccc1. The Kier molecular flexibility index (Phi) is 6.03. The molecule has 0 aromatic heterocycles. The van der Waals surface area contributed by atoms with Gasteiger partial charge < -0.3 is 15.2 Å². The first-order valence-corrected chi connectivity index (χ1v) is 7.37. The summed E-state index contributed by atoms with van der Waals surface area (Å²) in [4.78, 5) is 24.1. The third-order valence-electron chi connectivity index (χ3n) is 3.55. The Morgan fingerprint density at radius 2 is 1.75 bits per heavy atom. The second-order valence-electron chi connectivity index (χ2n) is 5.19. The second kappa shape index (κ2) is 8.21. The molecule has 0 heterocycles. The van der Waals surface area contributed by atoms with E-state index in [-0.39, 0.29) is 12.0 Å². The van der Waals surface area contributed by atoms with E-state index in [1.807, 2.05) is 0 Å². The Labute approximate surface area is 139 Å². The quantitative estimate of drug-likeness (QED) is 0.791. The maximum absolute atomic E-state index is 13.8. The summed E-state index contributed by atoms with van der Waals surface area (Å²) in [5.41, 5.74) is 0.659. The largest absolute Gasteiger partial charge is 0.467 e. The monoisotopic (exact) mass is 331 g/mol. The van der Waals surface area contributed by atoms with Gasteiger partial charge in [0.25, 0.3) is 5.91 Å². The number of aliphatic hydroxyl groups is 1. The van der Waals surface area contributed by atoms with E-state index >= 15 is 0 Å². The van der Waals surface area contributed by atoms with Gasteiger partial charge in [-0.25, -0.2) is 9.18 Å². The predicted molar refractivity (Wildman–Crippen MR) is 85.5 cm³/mol. The first-order valence-electron chi connectivity index (χ1n) is 7.37. The predicted octanol–water partition coefficient (Wildman–Crippen LogP) is 1.76. The number of halogens is 1. The summed E-state index contributed by atoms with van der Waals surface area (Å²) in [5.74, 6) is -1.95. The molecule has 0 saturated heterocycles. The molecule has 2 aromatic rings. The molecule has 0 unspecified atom stereocenters. The molecule has 5 nitrogen and oxygen atoms in total. The summed E-state index contributed by atoms with van der Waals surface area (Å²) in [6.07, 6.45) is -1.51. The standard InChI is InChI=1S/C18H18FNO4/c1-24-18(23)15(11-13-9-5-6-10-14(13)19)20-17(22)16(21)12-7-3-2-4-8-12/h2-10,15-16,21H,11H2,1H3,(H,20,22)/t15-,16+/m1/s1. The minimum Gasteiger partial charge on any atom is -0.467 e. The highest BCUT2D eigenvalue weighted by Crippen LogP contribution is 2.14. The smallest absolute Gasteiger partial charge is 0.328 e. The van der Waals surface area contributed by atoms with Gasteiger partial charge in [-0.15, -0.1) is 0 Å². The van der Waals surface area contributed by atoms with E-state index in [1.165, 1.54) is 25.3 Å². The van der Waals surface area contributed by atoms with E-state index in [9.17, 15) is 19.1 Å². The molecule has 126 valence electrons. The zero-order valence-corrected chi connectivity index (χ0v) is 13.1. The van der Waals surface area contributed by atoms with Crippen LogP contribution >= 0.6 is 0 Å². The topological polar surface area (TPSA) is 75.6 Å². The fourth-order valence-electron chi connectivity index (χ4n) is 2.26. The minimum atomic E-state index is -1.43. The van der Waals surface area contributed by atoms with Crippen LogP contribution < -0.4 is 5.32 Å². The lowest BCUT2D eigenvalue weighted by Gasteiger charge is -2.19. The molecule has 0 aliphatic rings. The number of carbonyl (C=O) groups is 2. The summed E-state index contributed by atoms with van der Waals surface area (Å²) in [7, 11) is 1.18. The molecule has 2 atom stereocenters. The van der Waals surface area contributed by atoms with Gasteiger partial charge in [-0.2, -0.15) is 0 Å². The van der Waals surface area contributed by atoms with Crippen molar-refractivity contribution >= 4 is 11.9 Å². The minimum absolute atomic E-state index is 0.0768. The molecule has 2 rings (SSSR count). The summed E-state index contributed by atoms with van der Waals surface area (Å²) in [5, 5.41) is 12.5. The van der Waals surface area contributed by atoms with Crippen LogP contribution in [0.15, 0.2) is 54.6 Å². The number of ether oxygens (including phenoxy) is 1. The fraction of sp³-hybridized carbons (Fsp3) is 0.222. The number of methoxy groups -OCH3 is 1. The number of amides is 1. The van der Waals surface area contributed by atoms with Gasteiger partial charge in [0.05, 0.1) is 7.11 Å². The van der Waals surface area contributed by atoms with Crippen LogP contribution in [0.1, 0.15) is 17.2 Å². The molecule has 2 aromatic carbocycles. The molecule has 0 fully saturated rings. The average molecular weight is 331 g/mol. The van der Waals surface area contributed by atoms with E-state index in [4.69, 9.17) is 0 Å². The van der Waals surface area contributed by atoms with Gasteiger partial charge in [0.1, 0.15) is 11.9 Å². The van der Waals surface area contributed by atoms with Crippen LogP contribution in [-0.4, -0.2) is 30.1 Å². The van der Waals surface area contributed by atoms with Crippen LogP contribution in [0.5, 0.6) is 0 Å². The Morgan fingerprint density at radius 1 is 1.12 bits per heavy atom. The number of carbonyl (C=O) groups excluding carboxylic acids is 2. The summed E-state index contributed by atoms with van der Waals surface area (Å²) in [6, 6.07) is 13.2. The number of esters is 1. The van der Waals surface area contributed by atoms with Crippen molar-refractivity contribution in [3.8, 4) is 0 Å². The Morgan fingerprint density at radius 3 is 2.38 bits per heavy atom. The van der Waals surface area contributed by atoms with Gasteiger partial charge in [-0.05, 0) is 17.2 Å². The van der Waals surface area contributed by atoms with Crippen LogP contribution in [0.4, 0.5) is 4.39 Å². The summed E-state index contributed by atoms with van der Waals surface area (Å²) < 4.78 is 18.4. The Bertz CT molecular complexity index is 705. The van der Waals surface area contributed by atoms with Crippen molar-refractivity contribution in [3.63, 3.8) is 0 Å². The Balaban J connectivity index is 2.13. The van der Waals surface area contributed by atoms with Crippen LogP contribution in [0.2, 0.25) is 0 Å². The van der Waals surface area contributed by atoms with Crippen LogP contribution in [0, 0.1) is 5.82 Å². The second-order valence-corrected chi connectivity index (χ2v) is 5.19. The van der Waals surface area contributed by atoms with Crippen LogP contribution in [0.25, 0.3) is 0 Å². The van der Waals surface area contributed by atoms with Gasteiger partial charge >= 0.3 is 5.97 Å². The van der Waals surface area contributed by atoms with Crippen molar-refractivity contribution < 1.29 is 23.8 Å². The zero-order valence-electron chi connectivity index (χ0n) is 13.1. The highest BCUT2D eigenvalue weighted by Gasteiger charge is 2.26. The maximum Gasteiger partial charge on any atom is 0.328 e. The van der Waals surface area contributed by atoms with Gasteiger partial charge in [0.15, 0.2) is 6.10 Å². The van der Waals surface area contributed by atoms with E-state index in [0.717, 1.165) is 0 Å². The number of rotatable bonds is 6. The van der Waals surface area contributed by atoms with E-state index in [1.54, 1.807) is 36.4 Å². The fourth-order valence-corrected chi connectivity index (χ4v) is 2.26. The molecular weight excluding hydrogens is 313 g/mol. The molecule has 2 N–H and O–H groups in total. The number of hydrogen-bond acceptors (Lipinski definition) is 4. The zero-order chi connectivity index (χ0) is 17.5. The maximum atomic E-state index is 13.8. The van der Waals surface area contributed by atoms with Gasteiger partial charge in [0.2, 0.25) is 0 Å². The number of benzene rings is 2. The van der Waals surface area contributed by atoms with Gasteiger partial charge in [-0.3, -0.25) is 4.79 Å². The molecule has 0 aliphatic heterocycles. The Hall–Kier alpha value is -2.73. The van der Waals surface area contributed by atoms with Crippen molar-refractivity contribution in [2.45, 2.75) is 18.6 Å². The van der Waals surface area contributed by atoms with E-state index < -0.39 is 29.8 Å². The molecular formula is C18H18FNO4. The first kappa shape index (κ1) is 17.6. The molecule has 0 bridgehead atoms. The molecule has 0 radical (unpaired) electrons. The normalized spacial score (nSPS) is 13.0. The van der Waals surface area contributed by atoms with Gasteiger partial charge in [0, 0.05) is 6.42 Å². The summed E-state index contributed by atoms with van der Waals surface area (Å²) in [6.45, 7) is 0. The van der Waals surface area contributed by atoms with Crippen LogP contribution in [0.3, 0.4) is 0 Å². The van der Waals surface area contributed by atoms with Crippen molar-refractivity contribution in [2.24, 2.45) is 0 Å². The highest BCUT2D eigenvalue weighted by atomic mass is 19.1. The molecule has 6 heteroatoms. The van der Waals surface area contributed by atoms with Crippen molar-refractivity contribution in [3.05, 3.63) is 71.5 Å². The third kappa shape index (κ3) is 4.39. The number of nitrogens with one attached hydrogen (secondary N) is 1. The van der Waals surface area contributed by atoms with E-state index in [0.29, 0.717) is 5.56 Å². The first-order chi connectivity index (χ1) is 11.5. The summed E-state index contributed by atoms with van der Waals surface area (Å²) >= 11 is 0. The average Bonchev–Trinajstić information content (AvgIpc) is 2.62. The van der Waals surface area contributed by atoms with Crippen molar-refractivity contribution in [1.82, 2.24) is 5.32 Å². The lowest BCUT2D eigenvalue weighted by Crippen LogP contribution is -2.45. The number of aliphatic hydroxyl groups excluding tert-OH is 1. The van der Waals surface area contributed by atoms with Crippen molar-refractivity contribution in [2.75, 3.05) is 7.11 Å². The molecule has 0 spiro atoms. The molecule has 0 aliphatic carbocycles. The van der Waals surface area contributed by atoms with E-state index in [2.05, 4.69) is 10.1 Å². The van der Waals surface area contributed by atoms with Gasteiger partial charge in [-0.1, -0.05) is 48.5 Å². The highest BCUT2D eigenvalue weighted by molar-refractivity contribution is 5.87. The molecule has 0 saturated carbocycles.